The predicted octanol–water partition coefficient (Wildman–Crippen LogP) is 1.69. The van der Waals surface area contributed by atoms with Gasteiger partial charge in [-0.25, -0.2) is 5.84 Å². The Labute approximate surface area is 119 Å². The van der Waals surface area contributed by atoms with Gasteiger partial charge in [0.05, 0.1) is 19.2 Å². The summed E-state index contributed by atoms with van der Waals surface area (Å²) in [6.45, 7) is 6.42. The molecule has 0 atom stereocenters. The zero-order valence-electron chi connectivity index (χ0n) is 12.4. The maximum atomic E-state index is 11.7. The summed E-state index contributed by atoms with van der Waals surface area (Å²) in [6, 6.07) is 5.90. The molecule has 5 nitrogen and oxygen atoms in total. The fraction of sp³-hybridized carbons (Fsp3) is 0.400. The van der Waals surface area contributed by atoms with Gasteiger partial charge in [-0.1, -0.05) is 6.08 Å². The van der Waals surface area contributed by atoms with Crippen LogP contribution in [0.2, 0.25) is 0 Å². The van der Waals surface area contributed by atoms with E-state index in [1.165, 1.54) is 5.57 Å². The highest BCUT2D eigenvalue weighted by Crippen LogP contribution is 2.40. The minimum Gasteiger partial charge on any atom is -0.497 e. The van der Waals surface area contributed by atoms with Gasteiger partial charge in [0.15, 0.2) is 0 Å². The number of carbonyl (C=O) groups excluding carboxylic acids is 1. The molecule has 1 heterocycles. The Hall–Kier alpha value is -2.01. The molecule has 0 radical (unpaired) electrons. The van der Waals surface area contributed by atoms with Crippen LogP contribution in [0.1, 0.15) is 26.3 Å². The lowest BCUT2D eigenvalue weighted by Crippen LogP contribution is -2.51. The Balaban J connectivity index is 2.53. The number of nitrogens with one attached hydrogen (secondary N) is 1. The molecule has 1 aromatic rings. The average Bonchev–Trinajstić information content (AvgIpc) is 2.41. The quantitative estimate of drug-likeness (QED) is 0.500. The van der Waals surface area contributed by atoms with Gasteiger partial charge in [-0.05, 0) is 38.5 Å². The van der Waals surface area contributed by atoms with Gasteiger partial charge in [-0.2, -0.15) is 0 Å². The molecule has 0 spiro atoms. The van der Waals surface area contributed by atoms with Gasteiger partial charge in [0.25, 0.3) is 5.91 Å². The number of hydrogen-bond acceptors (Lipinski definition) is 4. The summed E-state index contributed by atoms with van der Waals surface area (Å²) in [4.78, 5) is 13.7. The van der Waals surface area contributed by atoms with E-state index in [1.807, 2.05) is 23.1 Å². The van der Waals surface area contributed by atoms with E-state index in [9.17, 15) is 4.79 Å². The molecule has 0 bridgehead atoms. The molecule has 3 N–H and O–H groups in total. The first-order valence-electron chi connectivity index (χ1n) is 6.54. The molecule has 0 unspecified atom stereocenters. The highest BCUT2D eigenvalue weighted by Gasteiger charge is 2.32. The number of ether oxygens (including phenoxy) is 1. The van der Waals surface area contributed by atoms with Crippen LogP contribution in [0, 0.1) is 0 Å². The molecule has 20 heavy (non-hydrogen) atoms. The SMILES string of the molecule is COc1ccc2c(c1)N(CC(=O)NN)C(C)(C)C=C2C. The number of hydrogen-bond donors (Lipinski definition) is 2. The summed E-state index contributed by atoms with van der Waals surface area (Å²) >= 11 is 0. The highest BCUT2D eigenvalue weighted by atomic mass is 16.5. The van der Waals surface area contributed by atoms with Gasteiger partial charge >= 0.3 is 0 Å². The second kappa shape index (κ2) is 5.17. The maximum Gasteiger partial charge on any atom is 0.253 e. The third-order valence-corrected chi connectivity index (χ3v) is 3.65. The summed E-state index contributed by atoms with van der Waals surface area (Å²) in [7, 11) is 1.63. The number of allylic oxidation sites excluding steroid dienone is 1. The summed E-state index contributed by atoms with van der Waals surface area (Å²) in [6.07, 6.45) is 2.16. The molecule has 0 aromatic heterocycles. The summed E-state index contributed by atoms with van der Waals surface area (Å²) < 4.78 is 5.29. The van der Waals surface area contributed by atoms with E-state index in [-0.39, 0.29) is 18.0 Å². The highest BCUT2D eigenvalue weighted by molar-refractivity contribution is 5.87. The van der Waals surface area contributed by atoms with Crippen molar-refractivity contribution in [3.05, 3.63) is 29.8 Å². The lowest BCUT2D eigenvalue weighted by atomic mass is 9.88. The van der Waals surface area contributed by atoms with Crippen LogP contribution in [0.5, 0.6) is 5.75 Å². The number of methoxy groups -OCH3 is 1. The standard InChI is InChI=1S/C15H21N3O2/c1-10-8-15(2,3)18(9-14(19)17-16)13-7-11(20-4)5-6-12(10)13/h5-8H,9,16H2,1-4H3,(H,17,19). The lowest BCUT2D eigenvalue weighted by molar-refractivity contribution is -0.120. The topological polar surface area (TPSA) is 67.6 Å². The van der Waals surface area contributed by atoms with Crippen molar-refractivity contribution < 1.29 is 9.53 Å². The van der Waals surface area contributed by atoms with Crippen molar-refractivity contribution in [3.63, 3.8) is 0 Å². The third-order valence-electron chi connectivity index (χ3n) is 3.65. The van der Waals surface area contributed by atoms with E-state index in [2.05, 4.69) is 32.3 Å². The largest absolute Gasteiger partial charge is 0.497 e. The minimum absolute atomic E-state index is 0.202. The second-order valence-electron chi connectivity index (χ2n) is 5.52. The zero-order chi connectivity index (χ0) is 14.9. The van der Waals surface area contributed by atoms with Crippen LogP contribution in [0.15, 0.2) is 24.3 Å². The van der Waals surface area contributed by atoms with Gasteiger partial charge in [-0.15, -0.1) is 0 Å². The number of benzene rings is 1. The summed E-state index contributed by atoms with van der Waals surface area (Å²) in [5.74, 6) is 5.76. The number of fused-ring (bicyclic) bond motifs is 1. The average molecular weight is 275 g/mol. The fourth-order valence-electron chi connectivity index (χ4n) is 2.67. The molecule has 2 rings (SSSR count). The summed E-state index contributed by atoms with van der Waals surface area (Å²) in [5, 5.41) is 0. The van der Waals surface area contributed by atoms with Crippen LogP contribution < -0.4 is 20.9 Å². The van der Waals surface area contributed by atoms with Crippen molar-refractivity contribution in [2.45, 2.75) is 26.3 Å². The van der Waals surface area contributed by atoms with Crippen molar-refractivity contribution in [1.82, 2.24) is 5.43 Å². The van der Waals surface area contributed by atoms with E-state index >= 15 is 0 Å². The van der Waals surface area contributed by atoms with E-state index in [0.717, 1.165) is 17.0 Å². The van der Waals surface area contributed by atoms with Gasteiger partial charge in [-0.3, -0.25) is 10.2 Å². The fourth-order valence-corrected chi connectivity index (χ4v) is 2.67. The van der Waals surface area contributed by atoms with Crippen molar-refractivity contribution in [3.8, 4) is 5.75 Å². The number of nitrogens with two attached hydrogens (primary N) is 1. The Morgan fingerprint density at radius 3 is 2.75 bits per heavy atom. The lowest BCUT2D eigenvalue weighted by Gasteiger charge is -2.42. The number of amides is 1. The van der Waals surface area contributed by atoms with Crippen molar-refractivity contribution >= 4 is 17.2 Å². The molecule has 108 valence electrons. The Bertz CT molecular complexity index is 564. The van der Waals surface area contributed by atoms with Gasteiger partial charge < -0.3 is 9.64 Å². The normalized spacial score (nSPS) is 16.2. The monoisotopic (exact) mass is 275 g/mol. The number of rotatable bonds is 3. The van der Waals surface area contributed by atoms with Gasteiger partial charge in [0, 0.05) is 17.3 Å². The van der Waals surface area contributed by atoms with Crippen LogP contribution in [-0.4, -0.2) is 25.1 Å². The number of hydrazine groups is 1. The van der Waals surface area contributed by atoms with Crippen LogP contribution in [0.3, 0.4) is 0 Å². The molecule has 0 saturated carbocycles. The number of nitrogens with zero attached hydrogens (tertiary/aromatic N) is 1. The molecule has 1 amide bonds. The number of carbonyl (C=O) groups is 1. The van der Waals surface area contributed by atoms with E-state index in [1.54, 1.807) is 7.11 Å². The van der Waals surface area contributed by atoms with Crippen LogP contribution in [-0.2, 0) is 4.79 Å². The first-order valence-corrected chi connectivity index (χ1v) is 6.54. The Kier molecular flexibility index (Phi) is 3.72. The molecule has 0 fully saturated rings. The molecule has 1 aliphatic heterocycles. The molecule has 5 heteroatoms. The van der Waals surface area contributed by atoms with Gasteiger partial charge in [0.1, 0.15) is 5.75 Å². The molecular formula is C15H21N3O2. The molecule has 1 aliphatic rings. The smallest absolute Gasteiger partial charge is 0.253 e. The van der Waals surface area contributed by atoms with Crippen LogP contribution in [0.25, 0.3) is 5.57 Å². The molecular weight excluding hydrogens is 254 g/mol. The maximum absolute atomic E-state index is 11.7. The predicted molar refractivity (Wildman–Crippen MR) is 80.4 cm³/mol. The van der Waals surface area contributed by atoms with Crippen molar-refractivity contribution in [2.24, 2.45) is 5.84 Å². The Morgan fingerprint density at radius 1 is 1.45 bits per heavy atom. The first kappa shape index (κ1) is 14.4. The number of anilines is 1. The third kappa shape index (κ3) is 2.49. The van der Waals surface area contributed by atoms with E-state index in [4.69, 9.17) is 10.6 Å². The van der Waals surface area contributed by atoms with E-state index < -0.39 is 0 Å². The molecule has 0 saturated heterocycles. The molecule has 0 aliphatic carbocycles. The Morgan fingerprint density at radius 2 is 2.15 bits per heavy atom. The van der Waals surface area contributed by atoms with E-state index in [0.29, 0.717) is 0 Å². The molecule has 1 aromatic carbocycles. The van der Waals surface area contributed by atoms with Crippen LogP contribution >= 0.6 is 0 Å². The van der Waals surface area contributed by atoms with Crippen LogP contribution in [0.4, 0.5) is 5.69 Å². The second-order valence-corrected chi connectivity index (χ2v) is 5.52. The zero-order valence-corrected chi connectivity index (χ0v) is 12.4. The van der Waals surface area contributed by atoms with Crippen molar-refractivity contribution in [2.75, 3.05) is 18.6 Å². The van der Waals surface area contributed by atoms with Gasteiger partial charge in [0.2, 0.25) is 0 Å². The summed E-state index contributed by atoms with van der Waals surface area (Å²) in [5.41, 5.74) is 5.20. The first-order chi connectivity index (χ1) is 9.39. The minimum atomic E-state index is -0.268. The van der Waals surface area contributed by atoms with Crippen molar-refractivity contribution in [1.29, 1.82) is 0 Å².